The summed E-state index contributed by atoms with van der Waals surface area (Å²) >= 11 is 0. The van der Waals surface area contributed by atoms with Gasteiger partial charge in [0.05, 0.1) is 12.0 Å². The first-order chi connectivity index (χ1) is 11.3. The highest BCUT2D eigenvalue weighted by atomic mass is 32.2. The van der Waals surface area contributed by atoms with Crippen LogP contribution in [-0.2, 0) is 10.0 Å². The molecule has 0 aliphatic carbocycles. The van der Waals surface area contributed by atoms with Gasteiger partial charge in [-0.05, 0) is 61.7 Å². The Morgan fingerprint density at radius 1 is 1.08 bits per heavy atom. The zero-order valence-corrected chi connectivity index (χ0v) is 15.7. The Kier molecular flexibility index (Phi) is 5.67. The van der Waals surface area contributed by atoms with E-state index in [0.717, 1.165) is 22.4 Å². The molecule has 0 fully saturated rings. The minimum atomic E-state index is -3.56. The lowest BCUT2D eigenvalue weighted by Gasteiger charge is -2.28. The van der Waals surface area contributed by atoms with Gasteiger partial charge in [-0.15, -0.1) is 0 Å². The standard InChI is InChI=1S/C19H25NO3S/c1-6-20(16(4)17-8-7-9-18(13-17)23-5)24(21,22)19-11-10-14(2)15(3)12-19/h7-13,16H,6H2,1-5H3/t16-/m1/s1. The average molecular weight is 347 g/mol. The molecular weight excluding hydrogens is 322 g/mol. The first-order valence-electron chi connectivity index (χ1n) is 8.04. The molecular formula is C19H25NO3S. The molecule has 0 N–H and O–H groups in total. The number of methoxy groups -OCH3 is 1. The fourth-order valence-electron chi connectivity index (χ4n) is 2.73. The normalized spacial score (nSPS) is 13.1. The SMILES string of the molecule is CCN([C@H](C)c1cccc(OC)c1)S(=O)(=O)c1ccc(C)c(C)c1. The van der Waals surface area contributed by atoms with E-state index in [9.17, 15) is 8.42 Å². The number of sulfonamides is 1. The number of aryl methyl sites for hydroxylation is 2. The summed E-state index contributed by atoms with van der Waals surface area (Å²) in [6, 6.07) is 12.5. The van der Waals surface area contributed by atoms with Crippen LogP contribution in [0, 0.1) is 13.8 Å². The Labute approximate surface area is 145 Å². The van der Waals surface area contributed by atoms with Gasteiger partial charge < -0.3 is 4.74 Å². The fourth-order valence-corrected chi connectivity index (χ4v) is 4.44. The molecule has 0 amide bonds. The molecule has 0 bridgehead atoms. The number of nitrogens with zero attached hydrogens (tertiary/aromatic N) is 1. The zero-order chi connectivity index (χ0) is 17.9. The molecule has 2 aromatic carbocycles. The third-order valence-corrected chi connectivity index (χ3v) is 6.45. The molecule has 0 spiro atoms. The molecule has 0 saturated carbocycles. The molecule has 2 rings (SSSR count). The van der Waals surface area contributed by atoms with Crippen LogP contribution in [0.2, 0.25) is 0 Å². The maximum Gasteiger partial charge on any atom is 0.243 e. The third-order valence-electron chi connectivity index (χ3n) is 4.40. The van der Waals surface area contributed by atoms with Crippen molar-refractivity contribution in [3.05, 3.63) is 59.2 Å². The molecule has 0 saturated heterocycles. The van der Waals surface area contributed by atoms with E-state index in [-0.39, 0.29) is 6.04 Å². The van der Waals surface area contributed by atoms with Crippen molar-refractivity contribution in [3.8, 4) is 5.75 Å². The van der Waals surface area contributed by atoms with Gasteiger partial charge in [-0.1, -0.05) is 25.1 Å². The van der Waals surface area contributed by atoms with Gasteiger partial charge in [0.15, 0.2) is 0 Å². The van der Waals surface area contributed by atoms with Crippen molar-refractivity contribution in [2.75, 3.05) is 13.7 Å². The lowest BCUT2D eigenvalue weighted by molar-refractivity contribution is 0.354. The summed E-state index contributed by atoms with van der Waals surface area (Å²) in [4.78, 5) is 0.335. The summed E-state index contributed by atoms with van der Waals surface area (Å²) in [6.45, 7) is 8.05. The van der Waals surface area contributed by atoms with E-state index in [1.54, 1.807) is 19.2 Å². The van der Waals surface area contributed by atoms with Crippen LogP contribution in [0.25, 0.3) is 0 Å². The van der Waals surface area contributed by atoms with Crippen molar-refractivity contribution < 1.29 is 13.2 Å². The Bertz CT molecular complexity index is 815. The smallest absolute Gasteiger partial charge is 0.243 e. The topological polar surface area (TPSA) is 46.6 Å². The number of hydrogen-bond acceptors (Lipinski definition) is 3. The number of benzene rings is 2. The maximum atomic E-state index is 13.1. The summed E-state index contributed by atoms with van der Waals surface area (Å²) in [5, 5.41) is 0. The van der Waals surface area contributed by atoms with E-state index in [4.69, 9.17) is 4.74 Å². The van der Waals surface area contributed by atoms with Crippen molar-refractivity contribution in [2.24, 2.45) is 0 Å². The second kappa shape index (κ2) is 7.36. The highest BCUT2D eigenvalue weighted by Gasteiger charge is 2.29. The fraction of sp³-hybridized carbons (Fsp3) is 0.368. The second-order valence-electron chi connectivity index (χ2n) is 5.91. The summed E-state index contributed by atoms with van der Waals surface area (Å²) < 4.78 is 33.0. The number of ether oxygens (including phenoxy) is 1. The molecule has 0 aromatic heterocycles. The minimum absolute atomic E-state index is 0.281. The lowest BCUT2D eigenvalue weighted by Crippen LogP contribution is -2.33. The van der Waals surface area contributed by atoms with Gasteiger partial charge in [0.1, 0.15) is 5.75 Å². The Morgan fingerprint density at radius 2 is 1.79 bits per heavy atom. The van der Waals surface area contributed by atoms with Gasteiger partial charge in [0, 0.05) is 12.6 Å². The highest BCUT2D eigenvalue weighted by molar-refractivity contribution is 7.89. The molecule has 2 aromatic rings. The predicted octanol–water partition coefficient (Wildman–Crippen LogP) is 4.08. The Balaban J connectivity index is 2.43. The van der Waals surface area contributed by atoms with Gasteiger partial charge in [0.2, 0.25) is 10.0 Å². The molecule has 5 heteroatoms. The van der Waals surface area contributed by atoms with Gasteiger partial charge in [0.25, 0.3) is 0 Å². The van der Waals surface area contributed by atoms with Gasteiger partial charge in [-0.2, -0.15) is 4.31 Å². The summed E-state index contributed by atoms with van der Waals surface area (Å²) in [5.41, 5.74) is 2.96. The van der Waals surface area contributed by atoms with Crippen LogP contribution >= 0.6 is 0 Å². The largest absolute Gasteiger partial charge is 0.497 e. The van der Waals surface area contributed by atoms with Crippen molar-refractivity contribution in [3.63, 3.8) is 0 Å². The van der Waals surface area contributed by atoms with Crippen LogP contribution in [0.15, 0.2) is 47.4 Å². The molecule has 1 atom stereocenters. The third kappa shape index (κ3) is 3.62. The second-order valence-corrected chi connectivity index (χ2v) is 7.80. The zero-order valence-electron chi connectivity index (χ0n) is 14.9. The molecule has 130 valence electrons. The van der Waals surface area contributed by atoms with Crippen LogP contribution in [0.4, 0.5) is 0 Å². The summed E-state index contributed by atoms with van der Waals surface area (Å²) in [7, 11) is -1.96. The van der Waals surface area contributed by atoms with Crippen LogP contribution in [0.1, 0.15) is 36.6 Å². The van der Waals surface area contributed by atoms with E-state index in [2.05, 4.69) is 0 Å². The molecule has 0 radical (unpaired) electrons. The van der Waals surface area contributed by atoms with E-state index in [0.29, 0.717) is 11.4 Å². The summed E-state index contributed by atoms with van der Waals surface area (Å²) in [6.07, 6.45) is 0. The van der Waals surface area contributed by atoms with Gasteiger partial charge in [-0.3, -0.25) is 0 Å². The van der Waals surface area contributed by atoms with Crippen molar-refractivity contribution in [2.45, 2.75) is 38.6 Å². The maximum absolute atomic E-state index is 13.1. The summed E-state index contributed by atoms with van der Waals surface area (Å²) in [5.74, 6) is 0.721. The molecule has 0 aliphatic rings. The van der Waals surface area contributed by atoms with E-state index >= 15 is 0 Å². The van der Waals surface area contributed by atoms with Crippen LogP contribution in [0.3, 0.4) is 0 Å². The molecule has 4 nitrogen and oxygen atoms in total. The first-order valence-corrected chi connectivity index (χ1v) is 9.48. The average Bonchev–Trinajstić information content (AvgIpc) is 2.57. The lowest BCUT2D eigenvalue weighted by atomic mass is 10.1. The Morgan fingerprint density at radius 3 is 2.38 bits per heavy atom. The Hall–Kier alpha value is -1.85. The number of rotatable bonds is 6. The molecule has 0 unspecified atom stereocenters. The van der Waals surface area contributed by atoms with E-state index < -0.39 is 10.0 Å². The van der Waals surface area contributed by atoms with E-state index in [1.807, 2.05) is 58.0 Å². The minimum Gasteiger partial charge on any atom is -0.497 e. The van der Waals surface area contributed by atoms with Crippen molar-refractivity contribution in [1.82, 2.24) is 4.31 Å². The van der Waals surface area contributed by atoms with Crippen LogP contribution in [0.5, 0.6) is 5.75 Å². The molecule has 0 aliphatic heterocycles. The van der Waals surface area contributed by atoms with Crippen molar-refractivity contribution >= 4 is 10.0 Å². The van der Waals surface area contributed by atoms with Crippen molar-refractivity contribution in [1.29, 1.82) is 0 Å². The van der Waals surface area contributed by atoms with Crippen LogP contribution in [-0.4, -0.2) is 26.4 Å². The van der Waals surface area contributed by atoms with Gasteiger partial charge >= 0.3 is 0 Å². The monoisotopic (exact) mass is 347 g/mol. The number of hydrogen-bond donors (Lipinski definition) is 0. The molecule has 0 heterocycles. The quantitative estimate of drug-likeness (QED) is 0.791. The predicted molar refractivity (Wildman–Crippen MR) is 96.9 cm³/mol. The highest BCUT2D eigenvalue weighted by Crippen LogP contribution is 2.29. The van der Waals surface area contributed by atoms with E-state index in [1.165, 1.54) is 4.31 Å². The first kappa shape index (κ1) is 18.5. The molecule has 24 heavy (non-hydrogen) atoms. The van der Waals surface area contributed by atoms with Crippen LogP contribution < -0.4 is 4.74 Å². The van der Waals surface area contributed by atoms with Gasteiger partial charge in [-0.25, -0.2) is 8.42 Å².